The molecule has 8 heteroatoms. The Morgan fingerprint density at radius 3 is 2.73 bits per heavy atom. The molecular formula is C18H18BrN3O4. The highest BCUT2D eigenvalue weighted by atomic mass is 79.9. The third-order valence-corrected chi connectivity index (χ3v) is 4.56. The Morgan fingerprint density at radius 1 is 1.19 bits per heavy atom. The molecule has 1 atom stereocenters. The first-order valence-corrected chi connectivity index (χ1v) is 8.99. The molecular weight excluding hydrogens is 402 g/mol. The Hall–Kier alpha value is -2.61. The van der Waals surface area contributed by atoms with Crippen molar-refractivity contribution in [2.45, 2.75) is 6.42 Å². The molecule has 136 valence electrons. The average Bonchev–Trinajstić information content (AvgIpc) is 3.28. The van der Waals surface area contributed by atoms with Crippen molar-refractivity contribution < 1.29 is 18.8 Å². The van der Waals surface area contributed by atoms with Crippen molar-refractivity contribution in [2.75, 3.05) is 24.5 Å². The third-order valence-electron chi connectivity index (χ3n) is 4.07. The molecule has 3 amide bonds. The van der Waals surface area contributed by atoms with Crippen LogP contribution in [0.4, 0.5) is 5.69 Å². The van der Waals surface area contributed by atoms with Gasteiger partial charge in [-0.3, -0.25) is 14.4 Å². The van der Waals surface area contributed by atoms with Crippen LogP contribution in [-0.4, -0.2) is 37.4 Å². The lowest BCUT2D eigenvalue weighted by atomic mass is 10.1. The van der Waals surface area contributed by atoms with Crippen molar-refractivity contribution in [3.8, 4) is 0 Å². The Morgan fingerprint density at radius 2 is 2.00 bits per heavy atom. The van der Waals surface area contributed by atoms with Crippen LogP contribution >= 0.6 is 15.9 Å². The zero-order valence-corrected chi connectivity index (χ0v) is 15.5. The van der Waals surface area contributed by atoms with E-state index in [1.807, 2.05) is 24.3 Å². The molecule has 1 fully saturated rings. The summed E-state index contributed by atoms with van der Waals surface area (Å²) in [5.74, 6) is -0.775. The Kier molecular flexibility index (Phi) is 5.72. The topological polar surface area (TPSA) is 91.7 Å². The SMILES string of the molecule is O=C(NCCNC(=O)[C@H]1CC(=O)N(c2cccc(Br)c2)C1)c1ccco1. The van der Waals surface area contributed by atoms with Gasteiger partial charge in [0.15, 0.2) is 5.76 Å². The van der Waals surface area contributed by atoms with E-state index in [9.17, 15) is 14.4 Å². The second-order valence-corrected chi connectivity index (χ2v) is 6.83. The highest BCUT2D eigenvalue weighted by molar-refractivity contribution is 9.10. The van der Waals surface area contributed by atoms with Gasteiger partial charge in [-0.2, -0.15) is 0 Å². The summed E-state index contributed by atoms with van der Waals surface area (Å²) in [5, 5.41) is 5.41. The van der Waals surface area contributed by atoms with Crippen LogP contribution in [0.25, 0.3) is 0 Å². The molecule has 0 unspecified atom stereocenters. The number of nitrogens with one attached hydrogen (secondary N) is 2. The fourth-order valence-electron chi connectivity index (χ4n) is 2.78. The summed E-state index contributed by atoms with van der Waals surface area (Å²) in [6.45, 7) is 0.911. The highest BCUT2D eigenvalue weighted by Crippen LogP contribution is 2.27. The van der Waals surface area contributed by atoms with Gasteiger partial charge in [0.2, 0.25) is 11.8 Å². The van der Waals surface area contributed by atoms with Crippen molar-refractivity contribution in [3.63, 3.8) is 0 Å². The monoisotopic (exact) mass is 419 g/mol. The Balaban J connectivity index is 1.45. The molecule has 0 spiro atoms. The van der Waals surface area contributed by atoms with E-state index in [0.717, 1.165) is 10.2 Å². The first kappa shape index (κ1) is 18.2. The molecule has 1 aromatic heterocycles. The molecule has 2 aromatic rings. The molecule has 1 aromatic carbocycles. The molecule has 0 saturated carbocycles. The lowest BCUT2D eigenvalue weighted by molar-refractivity contribution is -0.126. The normalized spacial score (nSPS) is 16.6. The molecule has 1 saturated heterocycles. The van der Waals surface area contributed by atoms with Crippen LogP contribution < -0.4 is 15.5 Å². The standard InChI is InChI=1S/C18H18BrN3O4/c19-13-3-1-4-14(10-13)22-11-12(9-16(22)23)17(24)20-6-7-21-18(25)15-5-2-8-26-15/h1-5,8,10,12H,6-7,9,11H2,(H,20,24)(H,21,25)/t12-/m0/s1. The Labute approximate surface area is 158 Å². The van der Waals surface area contributed by atoms with Crippen LogP contribution in [0.1, 0.15) is 17.0 Å². The van der Waals surface area contributed by atoms with E-state index in [2.05, 4.69) is 26.6 Å². The summed E-state index contributed by atoms with van der Waals surface area (Å²) in [4.78, 5) is 37.8. The van der Waals surface area contributed by atoms with Gasteiger partial charge in [0.25, 0.3) is 5.91 Å². The molecule has 3 rings (SSSR count). The van der Waals surface area contributed by atoms with E-state index < -0.39 is 5.92 Å². The number of furan rings is 1. The zero-order chi connectivity index (χ0) is 18.5. The first-order valence-electron chi connectivity index (χ1n) is 8.20. The molecule has 2 heterocycles. The smallest absolute Gasteiger partial charge is 0.287 e. The maximum Gasteiger partial charge on any atom is 0.287 e. The first-order chi connectivity index (χ1) is 12.5. The highest BCUT2D eigenvalue weighted by Gasteiger charge is 2.34. The number of anilines is 1. The van der Waals surface area contributed by atoms with E-state index >= 15 is 0 Å². The molecule has 7 nitrogen and oxygen atoms in total. The molecule has 1 aliphatic rings. The lowest BCUT2D eigenvalue weighted by Crippen LogP contribution is -2.38. The summed E-state index contributed by atoms with van der Waals surface area (Å²) in [6.07, 6.45) is 1.60. The maximum atomic E-state index is 12.3. The predicted molar refractivity (Wildman–Crippen MR) is 98.7 cm³/mol. The van der Waals surface area contributed by atoms with Gasteiger partial charge in [-0.1, -0.05) is 22.0 Å². The maximum absolute atomic E-state index is 12.3. The van der Waals surface area contributed by atoms with Crippen LogP contribution in [0.3, 0.4) is 0 Å². The van der Waals surface area contributed by atoms with Crippen LogP contribution in [0.5, 0.6) is 0 Å². The minimum atomic E-state index is -0.401. The fraction of sp³-hybridized carbons (Fsp3) is 0.278. The van der Waals surface area contributed by atoms with E-state index in [-0.39, 0.29) is 43.0 Å². The van der Waals surface area contributed by atoms with E-state index in [4.69, 9.17) is 4.42 Å². The minimum Gasteiger partial charge on any atom is -0.459 e. The van der Waals surface area contributed by atoms with Crippen LogP contribution in [0.2, 0.25) is 0 Å². The number of carbonyl (C=O) groups is 3. The van der Waals surface area contributed by atoms with Crippen molar-refractivity contribution in [1.82, 2.24) is 10.6 Å². The van der Waals surface area contributed by atoms with E-state index in [1.165, 1.54) is 6.26 Å². The number of benzene rings is 1. The van der Waals surface area contributed by atoms with Crippen LogP contribution in [-0.2, 0) is 9.59 Å². The number of halogens is 1. The summed E-state index contributed by atoms with van der Waals surface area (Å²) in [6, 6.07) is 10.6. The minimum absolute atomic E-state index is 0.0747. The Bertz CT molecular complexity index is 807. The molecule has 0 radical (unpaired) electrons. The van der Waals surface area contributed by atoms with Crippen molar-refractivity contribution in [2.24, 2.45) is 5.92 Å². The predicted octanol–water partition coefficient (Wildman–Crippen LogP) is 1.94. The van der Waals surface area contributed by atoms with Gasteiger partial charge in [-0.05, 0) is 30.3 Å². The van der Waals surface area contributed by atoms with Crippen LogP contribution in [0.15, 0.2) is 51.6 Å². The summed E-state index contributed by atoms with van der Waals surface area (Å²) in [5.41, 5.74) is 0.769. The summed E-state index contributed by atoms with van der Waals surface area (Å²) >= 11 is 3.38. The lowest BCUT2D eigenvalue weighted by Gasteiger charge is -2.17. The quantitative estimate of drug-likeness (QED) is 0.699. The molecule has 26 heavy (non-hydrogen) atoms. The fourth-order valence-corrected chi connectivity index (χ4v) is 3.16. The van der Waals surface area contributed by atoms with Gasteiger partial charge in [0, 0.05) is 36.2 Å². The number of carbonyl (C=O) groups excluding carboxylic acids is 3. The summed E-state index contributed by atoms with van der Waals surface area (Å²) < 4.78 is 5.86. The molecule has 0 aliphatic carbocycles. The number of amides is 3. The van der Waals surface area contributed by atoms with Gasteiger partial charge in [-0.25, -0.2) is 0 Å². The third kappa shape index (κ3) is 4.32. The van der Waals surface area contributed by atoms with Gasteiger partial charge in [0.1, 0.15) is 0 Å². The number of hydrogen-bond donors (Lipinski definition) is 2. The van der Waals surface area contributed by atoms with Gasteiger partial charge in [0.05, 0.1) is 12.2 Å². The average molecular weight is 420 g/mol. The molecule has 0 bridgehead atoms. The van der Waals surface area contributed by atoms with Gasteiger partial charge in [-0.15, -0.1) is 0 Å². The van der Waals surface area contributed by atoms with E-state index in [0.29, 0.717) is 6.54 Å². The number of hydrogen-bond acceptors (Lipinski definition) is 4. The summed E-state index contributed by atoms with van der Waals surface area (Å²) in [7, 11) is 0. The number of rotatable bonds is 6. The second kappa shape index (κ2) is 8.18. The van der Waals surface area contributed by atoms with Gasteiger partial charge < -0.3 is 20.0 Å². The number of nitrogens with zero attached hydrogens (tertiary/aromatic N) is 1. The molecule has 2 N–H and O–H groups in total. The van der Waals surface area contributed by atoms with Gasteiger partial charge >= 0.3 is 0 Å². The van der Waals surface area contributed by atoms with Crippen LogP contribution in [0, 0.1) is 5.92 Å². The van der Waals surface area contributed by atoms with E-state index in [1.54, 1.807) is 17.0 Å². The second-order valence-electron chi connectivity index (χ2n) is 5.91. The van der Waals surface area contributed by atoms with Crippen molar-refractivity contribution in [3.05, 3.63) is 52.9 Å². The largest absolute Gasteiger partial charge is 0.459 e. The van der Waals surface area contributed by atoms with Crippen molar-refractivity contribution >= 4 is 39.3 Å². The molecule has 1 aliphatic heterocycles. The zero-order valence-electron chi connectivity index (χ0n) is 13.9. The van der Waals surface area contributed by atoms with Crippen molar-refractivity contribution in [1.29, 1.82) is 0 Å².